The number of methoxy groups -OCH3 is 1. The highest BCUT2D eigenvalue weighted by Gasteiger charge is 2.20. The summed E-state index contributed by atoms with van der Waals surface area (Å²) in [6.07, 6.45) is 0. The van der Waals surface area contributed by atoms with Crippen molar-refractivity contribution in [3.05, 3.63) is 68.8 Å². The molecule has 0 aliphatic carbocycles. The van der Waals surface area contributed by atoms with Gasteiger partial charge < -0.3 is 19.7 Å². The summed E-state index contributed by atoms with van der Waals surface area (Å²) in [7, 11) is 3.16. The summed E-state index contributed by atoms with van der Waals surface area (Å²) in [5.74, 6) is -1.20. The lowest BCUT2D eigenvalue weighted by atomic mass is 10.1. The molecule has 0 aromatic heterocycles. The highest BCUT2D eigenvalue weighted by Crippen LogP contribution is 2.23. The van der Waals surface area contributed by atoms with Crippen LogP contribution < -0.4 is 5.32 Å². The van der Waals surface area contributed by atoms with E-state index in [1.807, 2.05) is 32.0 Å². The highest BCUT2D eigenvalue weighted by atomic mass is 16.6. The average Bonchev–Trinajstić information content (AvgIpc) is 2.73. The third kappa shape index (κ3) is 6.78. The van der Waals surface area contributed by atoms with Crippen LogP contribution in [0.1, 0.15) is 27.0 Å². The predicted molar refractivity (Wildman–Crippen MR) is 116 cm³/mol. The second-order valence-corrected chi connectivity index (χ2v) is 7.16. The van der Waals surface area contributed by atoms with Crippen LogP contribution in [0.5, 0.6) is 0 Å². The first kappa shape index (κ1) is 23.8. The molecule has 9 nitrogen and oxygen atoms in total. The van der Waals surface area contributed by atoms with Crippen molar-refractivity contribution in [2.75, 3.05) is 39.2 Å². The van der Waals surface area contributed by atoms with E-state index in [2.05, 4.69) is 5.32 Å². The maximum absolute atomic E-state index is 12.6. The van der Waals surface area contributed by atoms with E-state index < -0.39 is 17.5 Å². The number of benzene rings is 2. The summed E-state index contributed by atoms with van der Waals surface area (Å²) in [4.78, 5) is 37.0. The molecule has 2 rings (SSSR count). The molecular weight excluding hydrogens is 402 g/mol. The van der Waals surface area contributed by atoms with Gasteiger partial charge in [0, 0.05) is 45.1 Å². The van der Waals surface area contributed by atoms with E-state index in [1.165, 1.54) is 24.1 Å². The quantitative estimate of drug-likeness (QED) is 0.267. The number of ether oxygens (including phenoxy) is 2. The lowest BCUT2D eigenvalue weighted by Gasteiger charge is -2.19. The first-order valence-electron chi connectivity index (χ1n) is 9.71. The van der Waals surface area contributed by atoms with E-state index in [1.54, 1.807) is 7.05 Å². The fourth-order valence-electron chi connectivity index (χ4n) is 2.94. The number of anilines is 1. The maximum Gasteiger partial charge on any atom is 0.341 e. The molecule has 0 saturated carbocycles. The number of nitro groups is 1. The van der Waals surface area contributed by atoms with Crippen molar-refractivity contribution >= 4 is 23.3 Å². The van der Waals surface area contributed by atoms with Gasteiger partial charge in [0.15, 0.2) is 6.61 Å². The molecule has 0 heterocycles. The molecule has 1 N–H and O–H groups in total. The fourth-order valence-corrected chi connectivity index (χ4v) is 2.94. The summed E-state index contributed by atoms with van der Waals surface area (Å²) in [5, 5.41) is 14.0. The minimum Gasteiger partial charge on any atom is -0.452 e. The first-order valence-corrected chi connectivity index (χ1v) is 9.71. The van der Waals surface area contributed by atoms with Gasteiger partial charge in [-0.15, -0.1) is 0 Å². The Kier molecular flexibility index (Phi) is 8.51. The molecule has 0 bridgehead atoms. The summed E-state index contributed by atoms with van der Waals surface area (Å²) in [6, 6.07) is 9.81. The number of nitro benzene ring substituents is 1. The SMILES string of the molecule is COCCNc1ccc([N+](=O)[O-])cc1C(=O)OCC(=O)N(C)Cc1ccc(C)cc1C. The number of amides is 1. The van der Waals surface area contributed by atoms with Crippen LogP contribution in [0.2, 0.25) is 0 Å². The second kappa shape index (κ2) is 11.1. The molecule has 0 fully saturated rings. The molecule has 1 amide bonds. The summed E-state index contributed by atoms with van der Waals surface area (Å²) < 4.78 is 10.1. The van der Waals surface area contributed by atoms with E-state index in [4.69, 9.17) is 9.47 Å². The summed E-state index contributed by atoms with van der Waals surface area (Å²) >= 11 is 0. The molecule has 0 aliphatic heterocycles. The maximum atomic E-state index is 12.6. The molecule has 0 saturated heterocycles. The van der Waals surface area contributed by atoms with Crippen LogP contribution in [0.15, 0.2) is 36.4 Å². The van der Waals surface area contributed by atoms with Gasteiger partial charge in [-0.1, -0.05) is 23.8 Å². The number of nitrogens with zero attached hydrogens (tertiary/aromatic N) is 2. The number of aryl methyl sites for hydroxylation is 2. The standard InChI is InChI=1S/C22H27N3O6/c1-15-5-6-17(16(2)11-15)13-24(3)21(26)14-31-22(27)19-12-18(25(28)29)7-8-20(19)23-9-10-30-4/h5-8,11-12,23H,9-10,13-14H2,1-4H3. The average molecular weight is 429 g/mol. The Morgan fingerprint density at radius 1 is 1.16 bits per heavy atom. The van der Waals surface area contributed by atoms with E-state index in [-0.39, 0.29) is 17.2 Å². The Morgan fingerprint density at radius 3 is 2.55 bits per heavy atom. The van der Waals surface area contributed by atoms with Crippen molar-refractivity contribution in [2.45, 2.75) is 20.4 Å². The van der Waals surface area contributed by atoms with Gasteiger partial charge in [-0.2, -0.15) is 0 Å². The van der Waals surface area contributed by atoms with E-state index >= 15 is 0 Å². The van der Waals surface area contributed by atoms with E-state index in [9.17, 15) is 19.7 Å². The molecule has 31 heavy (non-hydrogen) atoms. The van der Waals surface area contributed by atoms with Crippen LogP contribution >= 0.6 is 0 Å². The molecule has 2 aromatic carbocycles. The topological polar surface area (TPSA) is 111 Å². The van der Waals surface area contributed by atoms with Crippen LogP contribution in [-0.4, -0.2) is 55.6 Å². The van der Waals surface area contributed by atoms with Crippen LogP contribution in [0.3, 0.4) is 0 Å². The van der Waals surface area contributed by atoms with Gasteiger partial charge in [-0.25, -0.2) is 4.79 Å². The molecular formula is C22H27N3O6. The van der Waals surface area contributed by atoms with Crippen molar-refractivity contribution in [3.63, 3.8) is 0 Å². The minimum atomic E-state index is -0.822. The lowest BCUT2D eigenvalue weighted by molar-refractivity contribution is -0.384. The van der Waals surface area contributed by atoms with Gasteiger partial charge in [0.25, 0.3) is 11.6 Å². The zero-order valence-electron chi connectivity index (χ0n) is 18.1. The number of rotatable bonds is 10. The van der Waals surface area contributed by atoms with Crippen molar-refractivity contribution in [1.29, 1.82) is 0 Å². The number of carbonyl (C=O) groups excluding carboxylic acids is 2. The molecule has 166 valence electrons. The normalized spacial score (nSPS) is 10.5. The van der Waals surface area contributed by atoms with Crippen molar-refractivity contribution in [2.24, 2.45) is 0 Å². The van der Waals surface area contributed by atoms with Gasteiger partial charge >= 0.3 is 5.97 Å². The number of non-ortho nitro benzene ring substituents is 1. The van der Waals surface area contributed by atoms with Crippen molar-refractivity contribution < 1.29 is 24.0 Å². The Morgan fingerprint density at radius 2 is 1.90 bits per heavy atom. The van der Waals surface area contributed by atoms with E-state index in [0.29, 0.717) is 25.4 Å². The third-order valence-electron chi connectivity index (χ3n) is 4.71. The summed E-state index contributed by atoms with van der Waals surface area (Å²) in [5.41, 5.74) is 3.30. The van der Waals surface area contributed by atoms with Crippen molar-refractivity contribution in [3.8, 4) is 0 Å². The number of hydrogen-bond acceptors (Lipinski definition) is 7. The largest absolute Gasteiger partial charge is 0.452 e. The van der Waals surface area contributed by atoms with E-state index in [0.717, 1.165) is 22.8 Å². The monoisotopic (exact) mass is 429 g/mol. The van der Waals surface area contributed by atoms with Gasteiger partial charge in [0.2, 0.25) is 0 Å². The Hall–Kier alpha value is -3.46. The third-order valence-corrected chi connectivity index (χ3v) is 4.71. The molecule has 0 aliphatic rings. The van der Waals surface area contributed by atoms with Crippen LogP contribution in [0.4, 0.5) is 11.4 Å². The number of nitrogens with one attached hydrogen (secondary N) is 1. The Balaban J connectivity index is 2.05. The van der Waals surface area contributed by atoms with Gasteiger partial charge in [0.05, 0.1) is 17.1 Å². The molecule has 0 atom stereocenters. The molecule has 9 heteroatoms. The number of carbonyl (C=O) groups is 2. The minimum absolute atomic E-state index is 0.0184. The number of hydrogen-bond donors (Lipinski definition) is 1. The van der Waals surface area contributed by atoms with Crippen LogP contribution in [0, 0.1) is 24.0 Å². The van der Waals surface area contributed by atoms with Gasteiger partial charge in [-0.3, -0.25) is 14.9 Å². The lowest BCUT2D eigenvalue weighted by Crippen LogP contribution is -2.31. The highest BCUT2D eigenvalue weighted by molar-refractivity contribution is 5.97. The van der Waals surface area contributed by atoms with Crippen LogP contribution in [-0.2, 0) is 20.8 Å². The molecule has 0 unspecified atom stereocenters. The van der Waals surface area contributed by atoms with Crippen molar-refractivity contribution in [1.82, 2.24) is 4.90 Å². The summed E-state index contributed by atoms with van der Waals surface area (Å²) in [6.45, 7) is 4.65. The second-order valence-electron chi connectivity index (χ2n) is 7.16. The zero-order valence-corrected chi connectivity index (χ0v) is 18.1. The molecule has 2 aromatic rings. The smallest absolute Gasteiger partial charge is 0.341 e. The predicted octanol–water partition coefficient (Wildman–Crippen LogP) is 3.09. The first-order chi connectivity index (χ1) is 14.7. The number of esters is 1. The molecule has 0 spiro atoms. The Bertz CT molecular complexity index is 960. The van der Waals surface area contributed by atoms with Gasteiger partial charge in [-0.05, 0) is 31.0 Å². The zero-order chi connectivity index (χ0) is 23.0. The Labute approximate surface area is 181 Å². The molecule has 0 radical (unpaired) electrons. The number of likely N-dealkylation sites (N-methyl/N-ethyl adjacent to an activating group) is 1. The van der Waals surface area contributed by atoms with Crippen LogP contribution in [0.25, 0.3) is 0 Å². The van der Waals surface area contributed by atoms with Gasteiger partial charge in [0.1, 0.15) is 0 Å². The fraction of sp³-hybridized carbons (Fsp3) is 0.364.